The first-order valence-electron chi connectivity index (χ1n) is 8.32. The lowest BCUT2D eigenvalue weighted by Gasteiger charge is -2.25. The molecule has 108 valence electrons. The molecule has 4 atom stereocenters. The van der Waals surface area contributed by atoms with Crippen molar-refractivity contribution in [2.45, 2.75) is 50.9 Å². The zero-order chi connectivity index (χ0) is 13.5. The molecule has 3 nitrogen and oxygen atoms in total. The molecule has 2 fully saturated rings. The Balaban J connectivity index is 1.54. The normalized spacial score (nSPS) is 35.2. The van der Waals surface area contributed by atoms with Crippen LogP contribution in [0.15, 0.2) is 6.20 Å². The number of aryl methyl sites for hydroxylation is 1. The lowest BCUT2D eigenvalue weighted by molar-refractivity contribution is 0.397. The van der Waals surface area contributed by atoms with E-state index in [4.69, 9.17) is 9.97 Å². The van der Waals surface area contributed by atoms with Crippen molar-refractivity contribution >= 4 is 0 Å². The summed E-state index contributed by atoms with van der Waals surface area (Å²) in [7, 11) is 2.05. The fourth-order valence-corrected chi connectivity index (χ4v) is 4.80. The molecule has 1 heterocycles. The van der Waals surface area contributed by atoms with Gasteiger partial charge >= 0.3 is 0 Å². The third kappa shape index (κ3) is 2.16. The number of hydrogen-bond acceptors (Lipinski definition) is 3. The van der Waals surface area contributed by atoms with Crippen LogP contribution in [0.4, 0.5) is 0 Å². The Kier molecular flexibility index (Phi) is 3.25. The van der Waals surface area contributed by atoms with E-state index >= 15 is 0 Å². The molecule has 0 radical (unpaired) electrons. The molecule has 3 heteroatoms. The van der Waals surface area contributed by atoms with Crippen molar-refractivity contribution in [3.63, 3.8) is 0 Å². The molecule has 20 heavy (non-hydrogen) atoms. The molecule has 4 rings (SSSR count). The molecule has 1 aromatic heterocycles. The predicted molar refractivity (Wildman–Crippen MR) is 79.7 cm³/mol. The minimum Gasteiger partial charge on any atom is -0.319 e. The van der Waals surface area contributed by atoms with Gasteiger partial charge in [-0.05, 0) is 75.4 Å². The maximum absolute atomic E-state index is 4.98. The minimum atomic E-state index is 0.675. The number of aromatic nitrogens is 2. The molecule has 0 saturated heterocycles. The molecule has 2 saturated carbocycles. The number of nitrogens with zero attached hydrogens (tertiary/aromatic N) is 2. The van der Waals surface area contributed by atoms with Gasteiger partial charge in [0.15, 0.2) is 0 Å². The molecule has 0 spiro atoms. The van der Waals surface area contributed by atoms with Crippen molar-refractivity contribution in [3.05, 3.63) is 23.3 Å². The number of fused-ring (bicyclic) bond motifs is 3. The highest BCUT2D eigenvalue weighted by Gasteiger charge is 2.41. The molecule has 3 aliphatic carbocycles. The van der Waals surface area contributed by atoms with Gasteiger partial charge in [-0.25, -0.2) is 9.97 Å². The first-order valence-corrected chi connectivity index (χ1v) is 8.32. The molecule has 2 bridgehead atoms. The maximum Gasteiger partial charge on any atom is 0.131 e. The van der Waals surface area contributed by atoms with Crippen LogP contribution < -0.4 is 5.32 Å². The van der Waals surface area contributed by atoms with Crippen molar-refractivity contribution in [2.24, 2.45) is 17.8 Å². The van der Waals surface area contributed by atoms with Gasteiger partial charge in [-0.1, -0.05) is 6.42 Å². The van der Waals surface area contributed by atoms with Crippen molar-refractivity contribution in [3.8, 4) is 0 Å². The number of rotatable bonds is 3. The van der Waals surface area contributed by atoms with E-state index in [0.717, 1.165) is 37.1 Å². The van der Waals surface area contributed by atoms with Gasteiger partial charge in [0.2, 0.25) is 0 Å². The van der Waals surface area contributed by atoms with Crippen LogP contribution in [0.5, 0.6) is 0 Å². The van der Waals surface area contributed by atoms with E-state index in [2.05, 4.69) is 11.5 Å². The Morgan fingerprint density at radius 3 is 2.95 bits per heavy atom. The van der Waals surface area contributed by atoms with E-state index in [9.17, 15) is 0 Å². The molecule has 0 aliphatic heterocycles. The van der Waals surface area contributed by atoms with Gasteiger partial charge in [0, 0.05) is 17.8 Å². The summed E-state index contributed by atoms with van der Waals surface area (Å²) in [5, 5.41) is 3.30. The molecule has 0 amide bonds. The number of hydrogen-bond donors (Lipinski definition) is 1. The van der Waals surface area contributed by atoms with Crippen LogP contribution in [-0.4, -0.2) is 23.6 Å². The van der Waals surface area contributed by atoms with E-state index in [1.165, 1.54) is 49.2 Å². The summed E-state index contributed by atoms with van der Waals surface area (Å²) in [4.78, 5) is 9.73. The van der Waals surface area contributed by atoms with Gasteiger partial charge in [-0.3, -0.25) is 0 Å². The predicted octanol–water partition coefficient (Wildman–Crippen LogP) is 2.70. The zero-order valence-electron chi connectivity index (χ0n) is 12.4. The summed E-state index contributed by atoms with van der Waals surface area (Å²) in [5.41, 5.74) is 2.76. The lowest BCUT2D eigenvalue weighted by Crippen LogP contribution is -2.26. The Labute approximate surface area is 121 Å². The van der Waals surface area contributed by atoms with E-state index in [1.807, 2.05) is 7.05 Å². The molecule has 1 N–H and O–H groups in total. The molecule has 1 aromatic rings. The summed E-state index contributed by atoms with van der Waals surface area (Å²) >= 11 is 0. The Morgan fingerprint density at radius 1 is 1.25 bits per heavy atom. The standard InChI is InChI=1S/C17H25N3/c1-18-9-12-3-5-16-14(7-12)10-19-17(20-16)15-8-11-2-4-13(15)6-11/h10-13,15,18H,2-9H2,1H3. The van der Waals surface area contributed by atoms with Gasteiger partial charge < -0.3 is 5.32 Å². The molecule has 3 aliphatic rings. The highest BCUT2D eigenvalue weighted by molar-refractivity contribution is 5.23. The third-order valence-corrected chi connectivity index (χ3v) is 5.83. The molecular formula is C17H25N3. The lowest BCUT2D eigenvalue weighted by atomic mass is 9.85. The van der Waals surface area contributed by atoms with Crippen molar-refractivity contribution in [2.75, 3.05) is 13.6 Å². The van der Waals surface area contributed by atoms with Gasteiger partial charge in [0.25, 0.3) is 0 Å². The summed E-state index contributed by atoms with van der Waals surface area (Å²) < 4.78 is 0. The van der Waals surface area contributed by atoms with Crippen LogP contribution in [-0.2, 0) is 12.8 Å². The second kappa shape index (κ2) is 5.10. The van der Waals surface area contributed by atoms with E-state index in [-0.39, 0.29) is 0 Å². The highest BCUT2D eigenvalue weighted by atomic mass is 14.9. The second-order valence-electron chi connectivity index (χ2n) is 7.15. The largest absolute Gasteiger partial charge is 0.319 e. The average Bonchev–Trinajstić information content (AvgIpc) is 3.10. The number of nitrogens with one attached hydrogen (secondary N) is 1. The molecular weight excluding hydrogens is 246 g/mol. The summed E-state index contributed by atoms with van der Waals surface area (Å²) in [6, 6.07) is 0. The third-order valence-electron chi connectivity index (χ3n) is 5.83. The first-order chi connectivity index (χ1) is 9.83. The van der Waals surface area contributed by atoms with Crippen molar-refractivity contribution in [1.82, 2.24) is 15.3 Å². The van der Waals surface area contributed by atoms with E-state index in [0.29, 0.717) is 5.92 Å². The smallest absolute Gasteiger partial charge is 0.131 e. The van der Waals surface area contributed by atoms with Crippen LogP contribution in [0.2, 0.25) is 0 Å². The quantitative estimate of drug-likeness (QED) is 0.918. The second-order valence-corrected chi connectivity index (χ2v) is 7.15. The van der Waals surface area contributed by atoms with Gasteiger partial charge in [-0.15, -0.1) is 0 Å². The van der Waals surface area contributed by atoms with E-state index < -0.39 is 0 Å². The Hall–Kier alpha value is -0.960. The molecule has 0 aromatic carbocycles. The summed E-state index contributed by atoms with van der Waals surface area (Å²) in [6.07, 6.45) is 11.4. The van der Waals surface area contributed by atoms with Crippen LogP contribution in [0.1, 0.15) is 55.1 Å². The van der Waals surface area contributed by atoms with Gasteiger partial charge in [0.05, 0.1) is 0 Å². The van der Waals surface area contributed by atoms with Crippen LogP contribution in [0.25, 0.3) is 0 Å². The summed E-state index contributed by atoms with van der Waals surface area (Å²) in [6.45, 7) is 1.12. The zero-order valence-corrected chi connectivity index (χ0v) is 12.4. The van der Waals surface area contributed by atoms with Crippen LogP contribution >= 0.6 is 0 Å². The first kappa shape index (κ1) is 12.8. The monoisotopic (exact) mass is 271 g/mol. The van der Waals surface area contributed by atoms with Gasteiger partial charge in [-0.2, -0.15) is 0 Å². The van der Waals surface area contributed by atoms with Crippen LogP contribution in [0, 0.1) is 17.8 Å². The topological polar surface area (TPSA) is 37.8 Å². The fraction of sp³-hybridized carbons (Fsp3) is 0.765. The van der Waals surface area contributed by atoms with Crippen molar-refractivity contribution in [1.29, 1.82) is 0 Å². The molecule has 4 unspecified atom stereocenters. The minimum absolute atomic E-state index is 0.675. The highest BCUT2D eigenvalue weighted by Crippen LogP contribution is 2.52. The maximum atomic E-state index is 4.98. The SMILES string of the molecule is CNCC1CCc2nc(C3CC4CCC3C4)ncc2C1. The average molecular weight is 271 g/mol. The van der Waals surface area contributed by atoms with E-state index in [1.54, 1.807) is 0 Å². The Bertz CT molecular complexity index is 499. The Morgan fingerprint density at radius 2 is 2.20 bits per heavy atom. The fourth-order valence-electron chi connectivity index (χ4n) is 4.80. The summed E-state index contributed by atoms with van der Waals surface area (Å²) in [5.74, 6) is 4.48. The van der Waals surface area contributed by atoms with Gasteiger partial charge in [0.1, 0.15) is 5.82 Å². The van der Waals surface area contributed by atoms with Crippen LogP contribution in [0.3, 0.4) is 0 Å². The van der Waals surface area contributed by atoms with Crippen molar-refractivity contribution < 1.29 is 0 Å².